The lowest BCUT2D eigenvalue weighted by molar-refractivity contribution is 0.0699. The van der Waals surface area contributed by atoms with Crippen LogP contribution in [-0.4, -0.2) is 53.5 Å². The molecule has 0 atom stereocenters. The number of anilines is 1. The number of pyridine rings is 1. The maximum atomic E-state index is 11.4. The lowest BCUT2D eigenvalue weighted by Gasteiger charge is -2.18. The summed E-state index contributed by atoms with van der Waals surface area (Å²) in [5, 5.41) is 19.4. The second-order valence-corrected chi connectivity index (χ2v) is 6.16. The van der Waals surface area contributed by atoms with E-state index in [1.54, 1.807) is 23.1 Å². The molecule has 3 N–H and O–H groups in total. The summed E-state index contributed by atoms with van der Waals surface area (Å²) in [5.74, 6) is -0.0127. The number of H-pyrrole nitrogens is 1. The molecule has 0 saturated heterocycles. The summed E-state index contributed by atoms with van der Waals surface area (Å²) in [6, 6.07) is 7.01. The third-order valence-corrected chi connectivity index (χ3v) is 4.47. The van der Waals surface area contributed by atoms with Gasteiger partial charge in [-0.15, -0.1) is 0 Å². The van der Waals surface area contributed by atoms with Crippen molar-refractivity contribution in [2.75, 3.05) is 32.2 Å². The van der Waals surface area contributed by atoms with E-state index in [1.165, 1.54) is 13.3 Å². The molecule has 0 unspecified atom stereocenters. The van der Waals surface area contributed by atoms with Gasteiger partial charge in [-0.05, 0) is 24.3 Å². The Kier molecular flexibility index (Phi) is 5.01. The number of carboxylic acids is 1. The molecule has 1 aromatic carbocycles. The Morgan fingerprint density at radius 3 is 2.77 bits per heavy atom. The quantitative estimate of drug-likeness (QED) is 0.612. The number of aromatic nitrogens is 2. The van der Waals surface area contributed by atoms with E-state index < -0.39 is 5.97 Å². The number of ether oxygens (including phenoxy) is 1. The lowest BCUT2D eigenvalue weighted by atomic mass is 10.0. The molecule has 0 radical (unpaired) electrons. The highest BCUT2D eigenvalue weighted by Gasteiger charge is 2.17. The van der Waals surface area contributed by atoms with E-state index in [4.69, 9.17) is 21.4 Å². The maximum absolute atomic E-state index is 11.4. The first-order valence-corrected chi connectivity index (χ1v) is 8.25. The summed E-state index contributed by atoms with van der Waals surface area (Å²) in [6.45, 7) is 0.448. The summed E-state index contributed by atoms with van der Waals surface area (Å²) < 4.78 is 5.41. The van der Waals surface area contributed by atoms with Gasteiger partial charge in [0.05, 0.1) is 24.3 Å². The van der Waals surface area contributed by atoms with E-state index in [0.29, 0.717) is 45.3 Å². The smallest absolute Gasteiger partial charge is 0.337 e. The van der Waals surface area contributed by atoms with Gasteiger partial charge < -0.3 is 24.8 Å². The molecule has 136 valence electrons. The molecule has 2 heterocycles. The van der Waals surface area contributed by atoms with Gasteiger partial charge in [-0.1, -0.05) is 11.6 Å². The Morgan fingerprint density at radius 2 is 2.12 bits per heavy atom. The molecule has 0 aliphatic rings. The standard InChI is InChI=1S/C18H18ClN3O4/c1-22(5-6-23)16-4-3-10(17(21-16)26-2)11-7-12-13(18(24)25)9-20-15(12)8-14(11)19/h3-4,7-9,20,23H,5-6H2,1-2H3,(H,24,25). The van der Waals surface area contributed by atoms with Crippen LogP contribution in [0, 0.1) is 0 Å². The first-order valence-electron chi connectivity index (χ1n) is 7.87. The number of hydrogen-bond acceptors (Lipinski definition) is 5. The monoisotopic (exact) mass is 375 g/mol. The molecule has 0 fully saturated rings. The van der Waals surface area contributed by atoms with Gasteiger partial charge in [-0.3, -0.25) is 0 Å². The normalized spacial score (nSPS) is 10.9. The van der Waals surface area contributed by atoms with E-state index in [9.17, 15) is 9.90 Å². The highest BCUT2D eigenvalue weighted by Crippen LogP contribution is 2.38. The Labute approximate surface area is 154 Å². The van der Waals surface area contributed by atoms with Gasteiger partial charge in [0.1, 0.15) is 5.82 Å². The topological polar surface area (TPSA) is 98.7 Å². The van der Waals surface area contributed by atoms with Crippen molar-refractivity contribution in [1.29, 1.82) is 0 Å². The van der Waals surface area contributed by atoms with Crippen molar-refractivity contribution in [2.24, 2.45) is 0 Å². The minimum Gasteiger partial charge on any atom is -0.480 e. The third kappa shape index (κ3) is 3.18. The highest BCUT2D eigenvalue weighted by molar-refractivity contribution is 6.34. The summed E-state index contributed by atoms with van der Waals surface area (Å²) in [5.41, 5.74) is 2.09. The van der Waals surface area contributed by atoms with Crippen LogP contribution in [0.5, 0.6) is 5.88 Å². The number of hydrogen-bond donors (Lipinski definition) is 3. The summed E-state index contributed by atoms with van der Waals surface area (Å²) in [6.07, 6.45) is 1.44. The average molecular weight is 376 g/mol. The molecule has 26 heavy (non-hydrogen) atoms. The number of aromatic amines is 1. The van der Waals surface area contributed by atoms with Crippen molar-refractivity contribution in [2.45, 2.75) is 0 Å². The molecule has 0 spiro atoms. The van der Waals surface area contributed by atoms with Crippen molar-refractivity contribution >= 4 is 34.3 Å². The van der Waals surface area contributed by atoms with Crippen molar-refractivity contribution in [3.8, 4) is 17.0 Å². The van der Waals surface area contributed by atoms with E-state index in [0.717, 1.165) is 0 Å². The molecular weight excluding hydrogens is 358 g/mol. The van der Waals surface area contributed by atoms with Gasteiger partial charge >= 0.3 is 5.97 Å². The first kappa shape index (κ1) is 18.0. The van der Waals surface area contributed by atoms with Gasteiger partial charge in [-0.25, -0.2) is 4.79 Å². The van der Waals surface area contributed by atoms with Crippen LogP contribution in [0.4, 0.5) is 5.82 Å². The van der Waals surface area contributed by atoms with Crippen molar-refractivity contribution in [3.05, 3.63) is 41.0 Å². The molecule has 0 aliphatic carbocycles. The molecular formula is C18H18ClN3O4. The van der Waals surface area contributed by atoms with Gasteiger partial charge in [-0.2, -0.15) is 4.98 Å². The first-order chi connectivity index (χ1) is 12.5. The van der Waals surface area contributed by atoms with Gasteiger partial charge in [0.15, 0.2) is 0 Å². The maximum Gasteiger partial charge on any atom is 0.337 e. The number of nitrogens with one attached hydrogen (secondary N) is 1. The molecule has 3 rings (SSSR count). The van der Waals surface area contributed by atoms with Crippen LogP contribution in [0.1, 0.15) is 10.4 Å². The van der Waals surface area contributed by atoms with E-state index in [1.807, 2.05) is 13.1 Å². The number of likely N-dealkylation sites (N-methyl/N-ethyl adjacent to an activating group) is 1. The minimum absolute atomic E-state index is 0.0101. The Bertz CT molecular complexity index is 970. The molecule has 7 nitrogen and oxygen atoms in total. The van der Waals surface area contributed by atoms with E-state index >= 15 is 0 Å². The Balaban J connectivity index is 2.14. The predicted molar refractivity (Wildman–Crippen MR) is 100 cm³/mol. The average Bonchev–Trinajstić information content (AvgIpc) is 3.03. The number of fused-ring (bicyclic) bond motifs is 1. The zero-order chi connectivity index (χ0) is 18.8. The lowest BCUT2D eigenvalue weighted by Crippen LogP contribution is -2.22. The number of aromatic carboxylic acids is 1. The predicted octanol–water partition coefficient (Wildman–Crippen LogP) is 3.02. The molecule has 0 amide bonds. The fourth-order valence-electron chi connectivity index (χ4n) is 2.79. The van der Waals surface area contributed by atoms with Crippen LogP contribution in [0.3, 0.4) is 0 Å². The number of halogens is 1. The van der Waals surface area contributed by atoms with Crippen LogP contribution in [0.15, 0.2) is 30.5 Å². The van der Waals surface area contributed by atoms with E-state index in [-0.39, 0.29) is 12.2 Å². The van der Waals surface area contributed by atoms with Gasteiger partial charge in [0, 0.05) is 41.8 Å². The summed E-state index contributed by atoms with van der Waals surface area (Å²) >= 11 is 6.41. The van der Waals surface area contributed by atoms with Crippen molar-refractivity contribution < 1.29 is 19.7 Å². The number of methoxy groups -OCH3 is 1. The number of aliphatic hydroxyl groups excluding tert-OH is 1. The molecule has 2 aromatic heterocycles. The summed E-state index contributed by atoms with van der Waals surface area (Å²) in [4.78, 5) is 20.6. The van der Waals surface area contributed by atoms with Crippen LogP contribution >= 0.6 is 11.6 Å². The minimum atomic E-state index is -1.02. The molecule has 3 aromatic rings. The second-order valence-electron chi connectivity index (χ2n) is 5.76. The number of carbonyl (C=O) groups is 1. The number of benzene rings is 1. The number of rotatable bonds is 6. The van der Waals surface area contributed by atoms with Crippen LogP contribution in [0.25, 0.3) is 22.0 Å². The zero-order valence-corrected chi connectivity index (χ0v) is 15.0. The largest absolute Gasteiger partial charge is 0.480 e. The van der Waals surface area contributed by atoms with E-state index in [2.05, 4.69) is 9.97 Å². The molecule has 0 bridgehead atoms. The summed E-state index contributed by atoms with van der Waals surface area (Å²) in [7, 11) is 3.32. The molecule has 8 heteroatoms. The number of aliphatic hydroxyl groups is 1. The van der Waals surface area contributed by atoms with Crippen LogP contribution in [-0.2, 0) is 0 Å². The molecule has 0 saturated carbocycles. The van der Waals surface area contributed by atoms with Crippen LogP contribution in [0.2, 0.25) is 5.02 Å². The molecule has 0 aliphatic heterocycles. The Hall–Kier alpha value is -2.77. The van der Waals surface area contributed by atoms with Gasteiger partial charge in [0.2, 0.25) is 5.88 Å². The zero-order valence-electron chi connectivity index (χ0n) is 14.3. The highest BCUT2D eigenvalue weighted by atomic mass is 35.5. The van der Waals surface area contributed by atoms with Crippen molar-refractivity contribution in [1.82, 2.24) is 9.97 Å². The fraction of sp³-hybridized carbons (Fsp3) is 0.222. The number of nitrogens with zero attached hydrogens (tertiary/aromatic N) is 2. The Morgan fingerprint density at radius 1 is 1.35 bits per heavy atom. The van der Waals surface area contributed by atoms with Gasteiger partial charge in [0.25, 0.3) is 0 Å². The van der Waals surface area contributed by atoms with Crippen molar-refractivity contribution in [3.63, 3.8) is 0 Å². The fourth-order valence-corrected chi connectivity index (χ4v) is 3.06. The van der Waals surface area contributed by atoms with Crippen LogP contribution < -0.4 is 9.64 Å². The SMILES string of the molecule is COc1nc(N(C)CCO)ccc1-c1cc2c(C(=O)O)c[nH]c2cc1Cl. The number of carboxylic acid groups (broad SMARTS) is 1. The second kappa shape index (κ2) is 7.23. The third-order valence-electron chi connectivity index (χ3n) is 4.16.